The summed E-state index contributed by atoms with van der Waals surface area (Å²) in [7, 11) is -2.13. The molecule has 0 atom stereocenters. The van der Waals surface area contributed by atoms with Crippen LogP contribution in [0.3, 0.4) is 0 Å². The van der Waals surface area contributed by atoms with Crippen molar-refractivity contribution in [3.8, 4) is 5.75 Å². The molecule has 1 N–H and O–H groups in total. The number of anilines is 2. The van der Waals surface area contributed by atoms with Gasteiger partial charge in [0.25, 0.3) is 10.0 Å². The molecule has 1 aliphatic rings. The number of hydrogen-bond acceptors (Lipinski definition) is 7. The molecule has 4 rings (SSSR count). The van der Waals surface area contributed by atoms with E-state index in [0.29, 0.717) is 24.7 Å². The molecular weight excluding hydrogens is 386 g/mol. The molecule has 7 nitrogen and oxygen atoms in total. The fourth-order valence-corrected chi connectivity index (χ4v) is 4.94. The molecule has 1 fully saturated rings. The lowest BCUT2D eigenvalue weighted by atomic mass is 10.3. The average Bonchev–Trinajstić information content (AvgIpc) is 3.12. The molecule has 1 aliphatic heterocycles. The Morgan fingerprint density at radius 1 is 1.15 bits per heavy atom. The summed E-state index contributed by atoms with van der Waals surface area (Å²) >= 11 is 1.55. The molecule has 2 heterocycles. The number of ether oxygens (including phenoxy) is 2. The third-order valence-electron chi connectivity index (χ3n) is 4.28. The number of benzene rings is 2. The van der Waals surface area contributed by atoms with Gasteiger partial charge in [-0.15, -0.1) is 0 Å². The smallest absolute Gasteiger partial charge is 0.261 e. The van der Waals surface area contributed by atoms with Gasteiger partial charge in [0.15, 0.2) is 5.13 Å². The van der Waals surface area contributed by atoms with E-state index in [1.165, 1.54) is 19.2 Å². The standard InChI is InChI=1S/C18H19N3O4S2/c1-24-14-3-5-15(6-4-14)27(22,23)20-13-2-7-16-17(12-13)26-18(19-16)21-8-10-25-11-9-21/h2-7,12,20H,8-11H2,1H3. The topological polar surface area (TPSA) is 80.8 Å². The van der Waals surface area contributed by atoms with Crippen LogP contribution in [0.15, 0.2) is 47.4 Å². The second-order valence-electron chi connectivity index (χ2n) is 6.06. The summed E-state index contributed by atoms with van der Waals surface area (Å²) in [4.78, 5) is 7.02. The Morgan fingerprint density at radius 3 is 2.59 bits per heavy atom. The molecule has 0 spiro atoms. The van der Waals surface area contributed by atoms with Crippen LogP contribution in [-0.4, -0.2) is 46.8 Å². The molecule has 9 heteroatoms. The Labute approximate surface area is 161 Å². The van der Waals surface area contributed by atoms with E-state index in [-0.39, 0.29) is 4.90 Å². The first kappa shape index (κ1) is 18.0. The predicted octanol–water partition coefficient (Wildman–Crippen LogP) is 2.94. The molecule has 0 aliphatic carbocycles. The highest BCUT2D eigenvalue weighted by atomic mass is 32.2. The van der Waals surface area contributed by atoms with Gasteiger partial charge in [0, 0.05) is 13.1 Å². The molecule has 2 aromatic carbocycles. The summed E-state index contributed by atoms with van der Waals surface area (Å²) in [5.74, 6) is 0.607. The van der Waals surface area contributed by atoms with Gasteiger partial charge in [-0.05, 0) is 42.5 Å². The van der Waals surface area contributed by atoms with Crippen LogP contribution in [0.2, 0.25) is 0 Å². The molecule has 142 valence electrons. The van der Waals surface area contributed by atoms with E-state index in [1.807, 2.05) is 12.1 Å². The molecule has 0 unspecified atom stereocenters. The van der Waals surface area contributed by atoms with Gasteiger partial charge in [0.1, 0.15) is 5.75 Å². The van der Waals surface area contributed by atoms with E-state index in [0.717, 1.165) is 28.4 Å². The van der Waals surface area contributed by atoms with Crippen molar-refractivity contribution in [3.63, 3.8) is 0 Å². The van der Waals surface area contributed by atoms with Gasteiger partial charge in [-0.25, -0.2) is 13.4 Å². The maximum atomic E-state index is 12.6. The lowest BCUT2D eigenvalue weighted by Crippen LogP contribution is -2.36. The number of morpholine rings is 1. The van der Waals surface area contributed by atoms with Gasteiger partial charge in [-0.3, -0.25) is 4.72 Å². The average molecular weight is 406 g/mol. The molecule has 0 bridgehead atoms. The largest absolute Gasteiger partial charge is 0.497 e. The summed E-state index contributed by atoms with van der Waals surface area (Å²) in [5.41, 5.74) is 1.37. The van der Waals surface area contributed by atoms with Gasteiger partial charge < -0.3 is 14.4 Å². The number of fused-ring (bicyclic) bond motifs is 1. The summed E-state index contributed by atoms with van der Waals surface area (Å²) in [6, 6.07) is 11.7. The molecule has 27 heavy (non-hydrogen) atoms. The van der Waals surface area contributed by atoms with Crippen molar-refractivity contribution in [2.75, 3.05) is 43.0 Å². The van der Waals surface area contributed by atoms with Crippen LogP contribution in [0.5, 0.6) is 5.75 Å². The van der Waals surface area contributed by atoms with Crippen LogP contribution in [0.25, 0.3) is 10.2 Å². The zero-order chi connectivity index (χ0) is 18.9. The zero-order valence-corrected chi connectivity index (χ0v) is 16.3. The second-order valence-corrected chi connectivity index (χ2v) is 8.75. The maximum absolute atomic E-state index is 12.6. The van der Waals surface area contributed by atoms with Crippen molar-refractivity contribution in [3.05, 3.63) is 42.5 Å². The van der Waals surface area contributed by atoms with Crippen molar-refractivity contribution < 1.29 is 17.9 Å². The van der Waals surface area contributed by atoms with Crippen molar-refractivity contribution in [1.29, 1.82) is 0 Å². The number of methoxy groups -OCH3 is 1. The predicted molar refractivity (Wildman–Crippen MR) is 106 cm³/mol. The second kappa shape index (κ2) is 7.34. The lowest BCUT2D eigenvalue weighted by Gasteiger charge is -2.25. The fraction of sp³-hybridized carbons (Fsp3) is 0.278. The molecular formula is C18H19N3O4S2. The number of rotatable bonds is 5. The van der Waals surface area contributed by atoms with Crippen LogP contribution >= 0.6 is 11.3 Å². The van der Waals surface area contributed by atoms with Crippen LogP contribution in [0.4, 0.5) is 10.8 Å². The van der Waals surface area contributed by atoms with Crippen LogP contribution in [0, 0.1) is 0 Å². The molecule has 0 amide bonds. The summed E-state index contributed by atoms with van der Waals surface area (Å²) in [5, 5.41) is 0.934. The van der Waals surface area contributed by atoms with E-state index in [1.54, 1.807) is 29.5 Å². The van der Waals surface area contributed by atoms with E-state index in [9.17, 15) is 8.42 Å². The third kappa shape index (κ3) is 3.85. The van der Waals surface area contributed by atoms with E-state index >= 15 is 0 Å². The van der Waals surface area contributed by atoms with Crippen molar-refractivity contribution in [2.24, 2.45) is 0 Å². The monoisotopic (exact) mass is 405 g/mol. The Morgan fingerprint density at radius 2 is 1.89 bits per heavy atom. The SMILES string of the molecule is COc1ccc(S(=O)(=O)Nc2ccc3nc(N4CCOCC4)sc3c2)cc1. The highest BCUT2D eigenvalue weighted by molar-refractivity contribution is 7.92. The van der Waals surface area contributed by atoms with Gasteiger partial charge in [-0.1, -0.05) is 11.3 Å². The van der Waals surface area contributed by atoms with E-state index < -0.39 is 10.0 Å². The summed E-state index contributed by atoms with van der Waals surface area (Å²) < 4.78 is 39.2. The summed E-state index contributed by atoms with van der Waals surface area (Å²) in [6.07, 6.45) is 0. The lowest BCUT2D eigenvalue weighted by molar-refractivity contribution is 0.122. The zero-order valence-electron chi connectivity index (χ0n) is 14.7. The van der Waals surface area contributed by atoms with Crippen molar-refractivity contribution >= 4 is 42.4 Å². The fourth-order valence-electron chi connectivity index (χ4n) is 2.83. The normalized spacial score (nSPS) is 15.1. The van der Waals surface area contributed by atoms with Gasteiger partial charge in [0.05, 0.1) is 41.1 Å². The van der Waals surface area contributed by atoms with Crippen molar-refractivity contribution in [2.45, 2.75) is 4.90 Å². The first-order valence-corrected chi connectivity index (χ1v) is 10.8. The van der Waals surface area contributed by atoms with Crippen LogP contribution in [-0.2, 0) is 14.8 Å². The quantitative estimate of drug-likeness (QED) is 0.703. The number of thiazole rings is 1. The third-order valence-corrected chi connectivity index (χ3v) is 6.76. The Hall–Kier alpha value is -2.36. The number of nitrogens with one attached hydrogen (secondary N) is 1. The molecule has 0 saturated carbocycles. The molecule has 1 saturated heterocycles. The first-order chi connectivity index (χ1) is 13.0. The minimum absolute atomic E-state index is 0.182. The van der Waals surface area contributed by atoms with Crippen LogP contribution < -0.4 is 14.4 Å². The number of sulfonamides is 1. The number of nitrogens with zero attached hydrogens (tertiary/aromatic N) is 2. The van der Waals surface area contributed by atoms with E-state index in [2.05, 4.69) is 14.6 Å². The van der Waals surface area contributed by atoms with E-state index in [4.69, 9.17) is 9.47 Å². The maximum Gasteiger partial charge on any atom is 0.261 e. The first-order valence-electron chi connectivity index (χ1n) is 8.45. The number of hydrogen-bond donors (Lipinski definition) is 1. The van der Waals surface area contributed by atoms with Gasteiger partial charge in [0.2, 0.25) is 0 Å². The minimum atomic E-state index is -3.67. The summed E-state index contributed by atoms with van der Waals surface area (Å²) in [6.45, 7) is 3.03. The van der Waals surface area contributed by atoms with Crippen LogP contribution in [0.1, 0.15) is 0 Å². The number of aromatic nitrogens is 1. The van der Waals surface area contributed by atoms with Gasteiger partial charge in [-0.2, -0.15) is 0 Å². The highest BCUT2D eigenvalue weighted by Crippen LogP contribution is 2.31. The van der Waals surface area contributed by atoms with Gasteiger partial charge >= 0.3 is 0 Å². The molecule has 3 aromatic rings. The Kier molecular flexibility index (Phi) is 4.90. The molecule has 0 radical (unpaired) electrons. The minimum Gasteiger partial charge on any atom is -0.497 e. The van der Waals surface area contributed by atoms with Crippen molar-refractivity contribution in [1.82, 2.24) is 4.98 Å². The Balaban J connectivity index is 1.57. The molecule has 1 aromatic heterocycles. The Bertz CT molecular complexity index is 1040. The highest BCUT2D eigenvalue weighted by Gasteiger charge is 2.17.